The molecule has 0 unspecified atom stereocenters. The molecule has 0 amide bonds. The third-order valence-corrected chi connectivity index (χ3v) is 8.03. The standard InChI is InChI=1S/C22H28N6O2S.CH2O2/c1-14-18(23)22(13-30-14)6-10-28(11-7-22)21-25-12-17(20(29)27(21)3)31-16-4-8-24-19-15(16)5-9-26(19)2;2-1-3/h4-5,8-9,12,14,18H,6-7,10-11,13,23H2,1-3H3;1H,(H,2,3)/t14-,18+;/m0./s1. The second-order valence-corrected chi connectivity index (χ2v) is 9.94. The van der Waals surface area contributed by atoms with Gasteiger partial charge in [-0.25, -0.2) is 9.97 Å². The first-order chi connectivity index (χ1) is 16.3. The van der Waals surface area contributed by atoms with Gasteiger partial charge in [-0.15, -0.1) is 0 Å². The Morgan fingerprint density at radius 1 is 1.24 bits per heavy atom. The van der Waals surface area contributed by atoms with Crippen molar-refractivity contribution in [3.05, 3.63) is 41.1 Å². The first kappa shape index (κ1) is 24.2. The summed E-state index contributed by atoms with van der Waals surface area (Å²) in [6.45, 7) is 4.18. The van der Waals surface area contributed by atoms with Crippen molar-refractivity contribution in [3.63, 3.8) is 0 Å². The number of aryl methyl sites for hydroxylation is 1. The number of carbonyl (C=O) groups is 1. The maximum Gasteiger partial charge on any atom is 0.290 e. The molecule has 1 spiro atoms. The van der Waals surface area contributed by atoms with Crippen LogP contribution in [0.2, 0.25) is 0 Å². The molecule has 3 aromatic rings. The summed E-state index contributed by atoms with van der Waals surface area (Å²) in [5.74, 6) is 0.712. The van der Waals surface area contributed by atoms with Gasteiger partial charge in [0.25, 0.3) is 12.0 Å². The number of hydrogen-bond acceptors (Lipinski definition) is 8. The number of fused-ring (bicyclic) bond motifs is 1. The van der Waals surface area contributed by atoms with Crippen molar-refractivity contribution in [2.75, 3.05) is 24.6 Å². The number of piperidine rings is 1. The molecule has 0 bridgehead atoms. The van der Waals surface area contributed by atoms with E-state index in [1.807, 2.05) is 29.9 Å². The van der Waals surface area contributed by atoms with Gasteiger partial charge < -0.3 is 25.0 Å². The quantitative estimate of drug-likeness (QED) is 0.533. The van der Waals surface area contributed by atoms with Crippen molar-refractivity contribution in [2.24, 2.45) is 25.2 Å². The molecule has 3 aromatic heterocycles. The van der Waals surface area contributed by atoms with Gasteiger partial charge in [-0.3, -0.25) is 14.2 Å². The number of hydrogen-bond donors (Lipinski definition) is 2. The fourth-order valence-corrected chi connectivity index (χ4v) is 5.81. The molecule has 34 heavy (non-hydrogen) atoms. The highest BCUT2D eigenvalue weighted by Crippen LogP contribution is 2.41. The van der Waals surface area contributed by atoms with Crippen LogP contribution in [0.25, 0.3) is 11.0 Å². The lowest BCUT2D eigenvalue weighted by atomic mass is 9.73. The van der Waals surface area contributed by atoms with Gasteiger partial charge in [-0.1, -0.05) is 11.8 Å². The Balaban J connectivity index is 0.000000868. The van der Waals surface area contributed by atoms with Gasteiger partial charge in [0.1, 0.15) is 5.65 Å². The highest BCUT2D eigenvalue weighted by Gasteiger charge is 2.47. The Bertz CT molecular complexity index is 1230. The topological polar surface area (TPSA) is 128 Å². The van der Waals surface area contributed by atoms with E-state index in [9.17, 15) is 4.79 Å². The summed E-state index contributed by atoms with van der Waals surface area (Å²) < 4.78 is 9.46. The molecule has 2 saturated heterocycles. The monoisotopic (exact) mass is 486 g/mol. The van der Waals surface area contributed by atoms with E-state index in [0.717, 1.165) is 48.5 Å². The molecule has 0 saturated carbocycles. The Labute approximate surface area is 201 Å². The summed E-state index contributed by atoms with van der Waals surface area (Å²) >= 11 is 1.44. The first-order valence-corrected chi connectivity index (χ1v) is 12.0. The summed E-state index contributed by atoms with van der Waals surface area (Å²) in [5, 5.41) is 7.92. The van der Waals surface area contributed by atoms with Crippen molar-refractivity contribution < 1.29 is 14.6 Å². The highest BCUT2D eigenvalue weighted by atomic mass is 32.2. The van der Waals surface area contributed by atoms with Crippen molar-refractivity contribution in [3.8, 4) is 0 Å². The zero-order valence-electron chi connectivity index (χ0n) is 19.5. The Hall–Kier alpha value is -2.89. The third-order valence-electron chi connectivity index (χ3n) is 6.95. The van der Waals surface area contributed by atoms with Crippen LogP contribution >= 0.6 is 11.8 Å². The molecule has 2 fully saturated rings. The normalized spacial score (nSPS) is 21.5. The van der Waals surface area contributed by atoms with Gasteiger partial charge >= 0.3 is 0 Å². The largest absolute Gasteiger partial charge is 0.483 e. The third kappa shape index (κ3) is 4.30. The second-order valence-electron chi connectivity index (χ2n) is 8.86. The van der Waals surface area contributed by atoms with Crippen LogP contribution in [0, 0.1) is 5.41 Å². The number of ether oxygens (including phenoxy) is 1. The first-order valence-electron chi connectivity index (χ1n) is 11.1. The minimum Gasteiger partial charge on any atom is -0.483 e. The van der Waals surface area contributed by atoms with Crippen molar-refractivity contribution in [1.82, 2.24) is 19.1 Å². The number of nitrogens with two attached hydrogens (primary N) is 1. The van der Waals surface area contributed by atoms with Crippen LogP contribution in [0.3, 0.4) is 0 Å². The number of carboxylic acid groups (broad SMARTS) is 1. The van der Waals surface area contributed by atoms with Crippen LogP contribution in [-0.2, 0) is 23.6 Å². The molecule has 2 aliphatic heterocycles. The lowest BCUT2D eigenvalue weighted by Gasteiger charge is -2.41. The Morgan fingerprint density at radius 3 is 2.59 bits per heavy atom. The number of anilines is 1. The van der Waals surface area contributed by atoms with Crippen molar-refractivity contribution in [1.29, 1.82) is 0 Å². The van der Waals surface area contributed by atoms with Crippen LogP contribution < -0.4 is 16.2 Å². The lowest BCUT2D eigenvalue weighted by Crippen LogP contribution is -2.51. The Kier molecular flexibility index (Phi) is 6.96. The van der Waals surface area contributed by atoms with Crippen LogP contribution in [0.5, 0.6) is 0 Å². The molecular weight excluding hydrogens is 456 g/mol. The van der Waals surface area contributed by atoms with Crippen molar-refractivity contribution in [2.45, 2.75) is 41.7 Å². The molecule has 3 N–H and O–H groups in total. The van der Waals surface area contributed by atoms with E-state index in [1.165, 1.54) is 11.8 Å². The smallest absolute Gasteiger partial charge is 0.290 e. The summed E-state index contributed by atoms with van der Waals surface area (Å²) in [7, 11) is 3.77. The Morgan fingerprint density at radius 2 is 1.94 bits per heavy atom. The van der Waals surface area contributed by atoms with E-state index in [-0.39, 0.29) is 29.6 Å². The van der Waals surface area contributed by atoms with Gasteiger partial charge in [-0.05, 0) is 31.9 Å². The predicted octanol–water partition coefficient (Wildman–Crippen LogP) is 1.85. The molecule has 0 aliphatic carbocycles. The lowest BCUT2D eigenvalue weighted by molar-refractivity contribution is -0.122. The molecular formula is C23H30N6O4S. The van der Waals surface area contributed by atoms with E-state index < -0.39 is 0 Å². The SMILES string of the molecule is C[C@@H]1OCC2(CCN(c3ncc(Sc4ccnc5c4ccn5C)c(=O)n3C)CC2)[C@@H]1N.O=CO. The van der Waals surface area contributed by atoms with E-state index >= 15 is 0 Å². The number of pyridine rings is 1. The molecule has 11 heteroatoms. The van der Waals surface area contributed by atoms with Gasteiger partial charge in [0.05, 0.1) is 23.8 Å². The molecule has 182 valence electrons. The molecule has 5 rings (SSSR count). The molecule has 0 radical (unpaired) electrons. The van der Waals surface area contributed by atoms with E-state index in [1.54, 1.807) is 24.0 Å². The average molecular weight is 487 g/mol. The summed E-state index contributed by atoms with van der Waals surface area (Å²) in [6.07, 6.45) is 7.47. The fourth-order valence-electron chi connectivity index (χ4n) is 4.85. The van der Waals surface area contributed by atoms with Gasteiger partial charge in [0.2, 0.25) is 5.95 Å². The van der Waals surface area contributed by atoms with E-state index in [0.29, 0.717) is 10.8 Å². The highest BCUT2D eigenvalue weighted by molar-refractivity contribution is 7.99. The predicted molar refractivity (Wildman–Crippen MR) is 130 cm³/mol. The number of rotatable bonds is 3. The van der Waals surface area contributed by atoms with Gasteiger partial charge in [-0.2, -0.15) is 0 Å². The van der Waals surface area contributed by atoms with Gasteiger partial charge in [0, 0.05) is 61.3 Å². The van der Waals surface area contributed by atoms with Crippen LogP contribution in [0.4, 0.5) is 5.95 Å². The van der Waals surface area contributed by atoms with Crippen LogP contribution in [0.15, 0.2) is 45.3 Å². The second kappa shape index (κ2) is 9.77. The summed E-state index contributed by atoms with van der Waals surface area (Å²) in [6, 6.07) is 4.04. The maximum atomic E-state index is 13.1. The zero-order valence-corrected chi connectivity index (χ0v) is 20.4. The zero-order chi connectivity index (χ0) is 24.5. The number of nitrogens with zero attached hydrogens (tertiary/aromatic N) is 5. The molecule has 10 nitrogen and oxygen atoms in total. The molecule has 0 aromatic carbocycles. The molecule has 5 heterocycles. The maximum absolute atomic E-state index is 13.1. The van der Waals surface area contributed by atoms with E-state index in [2.05, 4.69) is 21.8 Å². The van der Waals surface area contributed by atoms with Gasteiger partial charge in [0.15, 0.2) is 0 Å². The number of aromatic nitrogens is 4. The molecule has 2 atom stereocenters. The van der Waals surface area contributed by atoms with E-state index in [4.69, 9.17) is 20.4 Å². The summed E-state index contributed by atoms with van der Waals surface area (Å²) in [4.78, 5) is 34.4. The summed E-state index contributed by atoms with van der Waals surface area (Å²) in [5.41, 5.74) is 7.35. The van der Waals surface area contributed by atoms with Crippen LogP contribution in [-0.4, -0.2) is 62.5 Å². The van der Waals surface area contributed by atoms with Crippen molar-refractivity contribution >= 4 is 35.2 Å². The van der Waals surface area contributed by atoms with Crippen LogP contribution in [0.1, 0.15) is 19.8 Å². The average Bonchev–Trinajstić information content (AvgIpc) is 3.34. The molecule has 2 aliphatic rings. The minimum atomic E-state index is -0.250. The fraction of sp³-hybridized carbons (Fsp3) is 0.478. The minimum absolute atomic E-state index is 0.0364.